The Bertz CT molecular complexity index is 1090. The predicted molar refractivity (Wildman–Crippen MR) is 114 cm³/mol. The van der Waals surface area contributed by atoms with Gasteiger partial charge < -0.3 is 15.4 Å². The number of hydrogen-bond acceptors (Lipinski definition) is 5. The fourth-order valence-corrected chi connectivity index (χ4v) is 5.01. The molecule has 31 heavy (non-hydrogen) atoms. The predicted octanol–water partition coefficient (Wildman–Crippen LogP) is 2.55. The van der Waals surface area contributed by atoms with Crippen LogP contribution in [-0.4, -0.2) is 42.8 Å². The smallest absolute Gasteiger partial charge is 0.269 e. The molecule has 0 radical (unpaired) electrons. The molecule has 7 heteroatoms. The molecule has 1 aromatic heterocycles. The zero-order valence-electron chi connectivity index (χ0n) is 17.6. The Kier molecular flexibility index (Phi) is 4.85. The van der Waals surface area contributed by atoms with Crippen LogP contribution in [0.4, 0.5) is 5.69 Å². The van der Waals surface area contributed by atoms with E-state index in [0.717, 1.165) is 30.0 Å². The van der Waals surface area contributed by atoms with E-state index in [-0.39, 0.29) is 29.2 Å². The topological polar surface area (TPSA) is 97.4 Å². The summed E-state index contributed by atoms with van der Waals surface area (Å²) in [6.45, 7) is 3.48. The van der Waals surface area contributed by atoms with Crippen LogP contribution in [0.2, 0.25) is 0 Å². The number of aromatic nitrogens is 1. The van der Waals surface area contributed by atoms with Crippen molar-refractivity contribution in [2.45, 2.75) is 25.7 Å². The first-order valence-corrected chi connectivity index (χ1v) is 10.7. The number of ketones is 1. The molecule has 1 saturated heterocycles. The maximum atomic E-state index is 13.1. The van der Waals surface area contributed by atoms with Crippen molar-refractivity contribution in [3.05, 3.63) is 58.4 Å². The molecule has 2 amide bonds. The number of carbonyl (C=O) groups is 3. The number of nitrogens with one attached hydrogen (secondary N) is 2. The van der Waals surface area contributed by atoms with Gasteiger partial charge in [-0.2, -0.15) is 0 Å². The van der Waals surface area contributed by atoms with Crippen LogP contribution in [-0.2, 0) is 16.0 Å². The number of nitrogens with zero attached hydrogens (tertiary/aromatic N) is 1. The highest BCUT2D eigenvalue weighted by molar-refractivity contribution is 6.01. The van der Waals surface area contributed by atoms with Crippen LogP contribution in [0.25, 0.3) is 0 Å². The molecule has 2 fully saturated rings. The lowest BCUT2D eigenvalue weighted by molar-refractivity contribution is -0.115. The Morgan fingerprint density at radius 2 is 2.03 bits per heavy atom. The van der Waals surface area contributed by atoms with Gasteiger partial charge in [-0.3, -0.25) is 14.4 Å². The minimum atomic E-state index is -0.324. The van der Waals surface area contributed by atoms with Gasteiger partial charge in [0.1, 0.15) is 5.69 Å². The fourth-order valence-electron chi connectivity index (χ4n) is 5.01. The molecule has 2 aromatic rings. The SMILES string of the molecule is CNC(=O)c1cc(C(=O)CC2[C@H]3COC[C@@H]23)cc([C@@H](C)c2cccc3c2CC(=O)N3)n1. The lowest BCUT2D eigenvalue weighted by Gasteiger charge is -2.17. The maximum Gasteiger partial charge on any atom is 0.269 e. The van der Waals surface area contributed by atoms with E-state index in [1.54, 1.807) is 19.2 Å². The molecule has 5 rings (SSSR count). The minimum absolute atomic E-state index is 0.0310. The fraction of sp³-hybridized carbons (Fsp3) is 0.417. The molecular formula is C24H25N3O4. The van der Waals surface area contributed by atoms with Crippen molar-refractivity contribution >= 4 is 23.3 Å². The zero-order chi connectivity index (χ0) is 21.7. The third-order valence-electron chi connectivity index (χ3n) is 6.91. The number of amides is 2. The molecule has 1 unspecified atom stereocenters. The number of fused-ring (bicyclic) bond motifs is 2. The van der Waals surface area contributed by atoms with Gasteiger partial charge in [-0.15, -0.1) is 0 Å². The second-order valence-electron chi connectivity index (χ2n) is 8.72. The van der Waals surface area contributed by atoms with E-state index in [0.29, 0.717) is 41.9 Å². The zero-order valence-corrected chi connectivity index (χ0v) is 17.6. The molecule has 2 N–H and O–H groups in total. The van der Waals surface area contributed by atoms with Gasteiger partial charge in [0, 0.05) is 36.3 Å². The highest BCUT2D eigenvalue weighted by atomic mass is 16.5. The van der Waals surface area contributed by atoms with Crippen molar-refractivity contribution in [2.24, 2.45) is 17.8 Å². The summed E-state index contributed by atoms with van der Waals surface area (Å²) in [7, 11) is 1.55. The molecule has 3 aliphatic rings. The molecule has 0 spiro atoms. The average Bonchev–Trinajstić information content (AvgIpc) is 3.12. The Hall–Kier alpha value is -3.06. The Balaban J connectivity index is 1.47. The number of rotatable bonds is 6. The molecule has 1 aliphatic carbocycles. The van der Waals surface area contributed by atoms with Crippen LogP contribution in [0.15, 0.2) is 30.3 Å². The number of ether oxygens (including phenoxy) is 1. The molecule has 160 valence electrons. The van der Waals surface area contributed by atoms with E-state index < -0.39 is 0 Å². The third-order valence-corrected chi connectivity index (χ3v) is 6.91. The van der Waals surface area contributed by atoms with Crippen LogP contribution in [0.1, 0.15) is 56.9 Å². The van der Waals surface area contributed by atoms with Gasteiger partial charge in [0.25, 0.3) is 5.91 Å². The van der Waals surface area contributed by atoms with Gasteiger partial charge in [-0.25, -0.2) is 4.98 Å². The quantitative estimate of drug-likeness (QED) is 0.702. The van der Waals surface area contributed by atoms with Crippen LogP contribution in [0, 0.1) is 17.8 Å². The second-order valence-corrected chi connectivity index (χ2v) is 8.72. The van der Waals surface area contributed by atoms with Crippen LogP contribution >= 0.6 is 0 Å². The van der Waals surface area contributed by atoms with Crippen LogP contribution in [0.3, 0.4) is 0 Å². The molecule has 2 aliphatic heterocycles. The number of hydrogen-bond donors (Lipinski definition) is 2. The second kappa shape index (κ2) is 7.57. The summed E-state index contributed by atoms with van der Waals surface area (Å²) in [4.78, 5) is 41.9. The monoisotopic (exact) mass is 419 g/mol. The van der Waals surface area contributed by atoms with Gasteiger partial charge in [-0.1, -0.05) is 19.1 Å². The van der Waals surface area contributed by atoms with E-state index in [9.17, 15) is 14.4 Å². The first-order chi connectivity index (χ1) is 15.0. The highest BCUT2D eigenvalue weighted by Crippen LogP contribution is 2.53. The van der Waals surface area contributed by atoms with Crippen molar-refractivity contribution in [2.75, 3.05) is 25.6 Å². The average molecular weight is 419 g/mol. The largest absolute Gasteiger partial charge is 0.381 e. The molecule has 7 nitrogen and oxygen atoms in total. The van der Waals surface area contributed by atoms with Crippen molar-refractivity contribution in [1.29, 1.82) is 0 Å². The standard InChI is InChI=1S/C24H25N3O4/c1-12(14-4-3-5-19-16(14)9-23(29)27-19)20-6-13(7-21(26-20)24(30)25-2)22(28)8-15-17-10-31-11-18(15)17/h3-7,12,15,17-18H,8-11H2,1-2H3,(H,25,30)(H,27,29)/t12-,15?,17-,18+/m0/s1. The lowest BCUT2D eigenvalue weighted by Crippen LogP contribution is -2.21. The molecular weight excluding hydrogens is 394 g/mol. The van der Waals surface area contributed by atoms with E-state index in [1.807, 2.05) is 25.1 Å². The van der Waals surface area contributed by atoms with E-state index in [4.69, 9.17) is 4.74 Å². The van der Waals surface area contributed by atoms with Gasteiger partial charge in [-0.05, 0) is 47.1 Å². The number of benzene rings is 1. The molecule has 4 atom stereocenters. The van der Waals surface area contributed by atoms with Crippen molar-refractivity contribution in [3.63, 3.8) is 0 Å². The van der Waals surface area contributed by atoms with E-state index in [1.165, 1.54) is 0 Å². The molecule has 1 saturated carbocycles. The summed E-state index contributed by atoms with van der Waals surface area (Å²) < 4.78 is 5.43. The number of Topliss-reactive ketones (excluding diaryl/α,β-unsaturated/α-hetero) is 1. The molecule has 3 heterocycles. The summed E-state index contributed by atoms with van der Waals surface area (Å²) >= 11 is 0. The summed E-state index contributed by atoms with van der Waals surface area (Å²) in [5.41, 5.74) is 4.14. The Labute approximate surface area is 180 Å². The van der Waals surface area contributed by atoms with E-state index >= 15 is 0 Å². The van der Waals surface area contributed by atoms with Gasteiger partial charge in [0.05, 0.1) is 19.6 Å². The maximum absolute atomic E-state index is 13.1. The number of anilines is 1. The summed E-state index contributed by atoms with van der Waals surface area (Å²) in [6, 6.07) is 9.16. The van der Waals surface area contributed by atoms with Crippen molar-refractivity contribution in [1.82, 2.24) is 10.3 Å². The van der Waals surface area contributed by atoms with Gasteiger partial charge in [0.15, 0.2) is 5.78 Å². The number of pyridine rings is 1. The minimum Gasteiger partial charge on any atom is -0.381 e. The molecule has 1 aromatic carbocycles. The Morgan fingerprint density at radius 1 is 1.26 bits per heavy atom. The van der Waals surface area contributed by atoms with Gasteiger partial charge in [0.2, 0.25) is 5.91 Å². The van der Waals surface area contributed by atoms with Crippen LogP contribution < -0.4 is 10.6 Å². The highest BCUT2D eigenvalue weighted by Gasteiger charge is 2.54. The van der Waals surface area contributed by atoms with E-state index in [2.05, 4.69) is 15.6 Å². The molecule has 0 bridgehead atoms. The summed E-state index contributed by atoms with van der Waals surface area (Å²) in [6.07, 6.45) is 0.798. The number of carbonyl (C=O) groups excluding carboxylic acids is 3. The van der Waals surface area contributed by atoms with Gasteiger partial charge >= 0.3 is 0 Å². The van der Waals surface area contributed by atoms with Crippen molar-refractivity contribution < 1.29 is 19.1 Å². The lowest BCUT2D eigenvalue weighted by atomic mass is 9.90. The first kappa shape index (κ1) is 19.9. The summed E-state index contributed by atoms with van der Waals surface area (Å²) in [5.74, 6) is 0.891. The summed E-state index contributed by atoms with van der Waals surface area (Å²) in [5, 5.41) is 5.47. The first-order valence-electron chi connectivity index (χ1n) is 10.7. The van der Waals surface area contributed by atoms with Crippen molar-refractivity contribution in [3.8, 4) is 0 Å². The normalized spacial score (nSPS) is 24.2. The van der Waals surface area contributed by atoms with Crippen LogP contribution in [0.5, 0.6) is 0 Å². The third kappa shape index (κ3) is 3.53. The Morgan fingerprint density at radius 3 is 2.77 bits per heavy atom.